The first kappa shape index (κ1) is 12.3. The molecule has 1 aromatic heterocycles. The van der Waals surface area contributed by atoms with Crippen LogP contribution in [0, 0.1) is 6.92 Å². The van der Waals surface area contributed by atoms with Gasteiger partial charge in [0.25, 0.3) is 0 Å². The second-order valence-electron chi connectivity index (χ2n) is 4.67. The summed E-state index contributed by atoms with van der Waals surface area (Å²) in [5.74, 6) is 1.88. The number of aryl methyl sites for hydroxylation is 2. The van der Waals surface area contributed by atoms with E-state index in [4.69, 9.17) is 0 Å². The van der Waals surface area contributed by atoms with Crippen LogP contribution in [0.5, 0.6) is 0 Å². The molecular formula is C13H22N4. The Bertz CT molecular complexity index is 360. The van der Waals surface area contributed by atoms with Crippen molar-refractivity contribution in [3.8, 4) is 0 Å². The number of hydrogen-bond acceptors (Lipinski definition) is 4. The zero-order chi connectivity index (χ0) is 12.1. The second kappa shape index (κ2) is 5.96. The molecule has 0 atom stereocenters. The van der Waals surface area contributed by atoms with Crippen molar-refractivity contribution in [2.24, 2.45) is 0 Å². The molecule has 4 nitrogen and oxygen atoms in total. The standard InChI is InChI=1S/C13H22N4/c1-3-12-16-10(2)9-13(17-12)15-8-4-7-14-11-5-6-11/h9,11,14H,3-8H2,1-2H3,(H,15,16,17). The normalized spacial score (nSPS) is 14.9. The van der Waals surface area contributed by atoms with Crippen molar-refractivity contribution < 1.29 is 0 Å². The molecule has 0 radical (unpaired) electrons. The van der Waals surface area contributed by atoms with Gasteiger partial charge < -0.3 is 10.6 Å². The quantitative estimate of drug-likeness (QED) is 0.708. The Hall–Kier alpha value is -1.16. The molecule has 94 valence electrons. The van der Waals surface area contributed by atoms with Crippen molar-refractivity contribution >= 4 is 5.82 Å². The Morgan fingerprint density at radius 3 is 2.82 bits per heavy atom. The molecule has 0 amide bonds. The van der Waals surface area contributed by atoms with E-state index in [1.165, 1.54) is 12.8 Å². The molecule has 0 unspecified atom stereocenters. The highest BCUT2D eigenvalue weighted by molar-refractivity contribution is 5.35. The lowest BCUT2D eigenvalue weighted by atomic mass is 10.3. The Morgan fingerprint density at radius 2 is 2.12 bits per heavy atom. The maximum atomic E-state index is 4.45. The van der Waals surface area contributed by atoms with E-state index in [1.54, 1.807) is 0 Å². The first-order chi connectivity index (χ1) is 8.28. The Labute approximate surface area is 103 Å². The van der Waals surface area contributed by atoms with E-state index >= 15 is 0 Å². The van der Waals surface area contributed by atoms with Gasteiger partial charge in [0.1, 0.15) is 11.6 Å². The molecule has 1 aliphatic rings. The fourth-order valence-electron chi connectivity index (χ4n) is 1.78. The van der Waals surface area contributed by atoms with Gasteiger partial charge in [0.15, 0.2) is 0 Å². The largest absolute Gasteiger partial charge is 0.370 e. The van der Waals surface area contributed by atoms with Crippen LogP contribution in [0.1, 0.15) is 37.7 Å². The molecule has 0 aliphatic heterocycles. The van der Waals surface area contributed by atoms with Crippen molar-refractivity contribution in [3.63, 3.8) is 0 Å². The van der Waals surface area contributed by atoms with Gasteiger partial charge in [-0.1, -0.05) is 6.92 Å². The third-order valence-electron chi connectivity index (χ3n) is 2.89. The van der Waals surface area contributed by atoms with Gasteiger partial charge in [0, 0.05) is 30.8 Å². The van der Waals surface area contributed by atoms with E-state index in [-0.39, 0.29) is 0 Å². The first-order valence-corrected chi connectivity index (χ1v) is 6.59. The Kier molecular flexibility index (Phi) is 4.31. The van der Waals surface area contributed by atoms with Crippen LogP contribution in [0.2, 0.25) is 0 Å². The summed E-state index contributed by atoms with van der Waals surface area (Å²) < 4.78 is 0. The molecule has 2 rings (SSSR count). The van der Waals surface area contributed by atoms with Crippen molar-refractivity contribution in [3.05, 3.63) is 17.6 Å². The zero-order valence-corrected chi connectivity index (χ0v) is 10.8. The van der Waals surface area contributed by atoms with Gasteiger partial charge >= 0.3 is 0 Å². The molecule has 17 heavy (non-hydrogen) atoms. The van der Waals surface area contributed by atoms with Gasteiger partial charge in [-0.3, -0.25) is 0 Å². The Morgan fingerprint density at radius 1 is 1.29 bits per heavy atom. The van der Waals surface area contributed by atoms with Crippen LogP contribution in [0.15, 0.2) is 6.07 Å². The van der Waals surface area contributed by atoms with Gasteiger partial charge in [-0.2, -0.15) is 0 Å². The summed E-state index contributed by atoms with van der Waals surface area (Å²) in [4.78, 5) is 8.82. The molecule has 0 spiro atoms. The van der Waals surface area contributed by atoms with Crippen LogP contribution < -0.4 is 10.6 Å². The molecule has 1 heterocycles. The number of nitrogens with one attached hydrogen (secondary N) is 2. The minimum absolute atomic E-state index is 0.808. The van der Waals surface area contributed by atoms with Crippen LogP contribution in [0.4, 0.5) is 5.82 Å². The fourth-order valence-corrected chi connectivity index (χ4v) is 1.78. The molecule has 1 saturated carbocycles. The summed E-state index contributed by atoms with van der Waals surface area (Å²) in [7, 11) is 0. The molecule has 2 N–H and O–H groups in total. The van der Waals surface area contributed by atoms with E-state index < -0.39 is 0 Å². The molecule has 1 aliphatic carbocycles. The summed E-state index contributed by atoms with van der Waals surface area (Å²) in [5.41, 5.74) is 1.04. The summed E-state index contributed by atoms with van der Waals surface area (Å²) in [5, 5.41) is 6.87. The maximum absolute atomic E-state index is 4.45. The fraction of sp³-hybridized carbons (Fsp3) is 0.692. The lowest BCUT2D eigenvalue weighted by Gasteiger charge is -2.08. The molecule has 0 bridgehead atoms. The topological polar surface area (TPSA) is 49.8 Å². The highest BCUT2D eigenvalue weighted by Crippen LogP contribution is 2.18. The van der Waals surface area contributed by atoms with Crippen molar-refractivity contribution in [1.29, 1.82) is 0 Å². The van der Waals surface area contributed by atoms with Crippen LogP contribution >= 0.6 is 0 Å². The maximum Gasteiger partial charge on any atom is 0.130 e. The Balaban J connectivity index is 1.71. The van der Waals surface area contributed by atoms with E-state index in [9.17, 15) is 0 Å². The van der Waals surface area contributed by atoms with Gasteiger partial charge in [0.05, 0.1) is 0 Å². The predicted octanol–water partition coefficient (Wildman–Crippen LogP) is 1.90. The summed E-state index contributed by atoms with van der Waals surface area (Å²) >= 11 is 0. The number of anilines is 1. The number of aromatic nitrogens is 2. The third-order valence-corrected chi connectivity index (χ3v) is 2.89. The predicted molar refractivity (Wildman–Crippen MR) is 70.3 cm³/mol. The number of nitrogens with zero attached hydrogens (tertiary/aromatic N) is 2. The monoisotopic (exact) mass is 234 g/mol. The third kappa shape index (κ3) is 4.30. The van der Waals surface area contributed by atoms with E-state index in [2.05, 4.69) is 27.5 Å². The molecule has 1 fully saturated rings. The minimum Gasteiger partial charge on any atom is -0.370 e. The van der Waals surface area contributed by atoms with E-state index in [0.29, 0.717) is 0 Å². The second-order valence-corrected chi connectivity index (χ2v) is 4.67. The van der Waals surface area contributed by atoms with Crippen LogP contribution in [-0.2, 0) is 6.42 Å². The average molecular weight is 234 g/mol. The lowest BCUT2D eigenvalue weighted by Crippen LogP contribution is -2.20. The molecular weight excluding hydrogens is 212 g/mol. The summed E-state index contributed by atoms with van der Waals surface area (Å²) in [6.07, 6.45) is 4.75. The molecule has 0 aromatic carbocycles. The minimum atomic E-state index is 0.808. The van der Waals surface area contributed by atoms with Crippen molar-refractivity contribution in [2.45, 2.75) is 45.6 Å². The number of hydrogen-bond donors (Lipinski definition) is 2. The van der Waals surface area contributed by atoms with Crippen LogP contribution in [0.3, 0.4) is 0 Å². The summed E-state index contributed by atoms with van der Waals surface area (Å²) in [6, 6.07) is 2.82. The van der Waals surface area contributed by atoms with Crippen molar-refractivity contribution in [2.75, 3.05) is 18.4 Å². The lowest BCUT2D eigenvalue weighted by molar-refractivity contribution is 0.658. The van der Waals surface area contributed by atoms with E-state index in [0.717, 1.165) is 49.3 Å². The van der Waals surface area contributed by atoms with E-state index in [1.807, 2.05) is 13.0 Å². The molecule has 1 aromatic rings. The van der Waals surface area contributed by atoms with Gasteiger partial charge in [-0.15, -0.1) is 0 Å². The van der Waals surface area contributed by atoms with Gasteiger partial charge in [0.2, 0.25) is 0 Å². The highest BCUT2D eigenvalue weighted by Gasteiger charge is 2.19. The SMILES string of the molecule is CCc1nc(C)cc(NCCCNC2CC2)n1. The average Bonchev–Trinajstić information content (AvgIpc) is 3.12. The molecule has 4 heteroatoms. The van der Waals surface area contributed by atoms with Crippen LogP contribution in [-0.4, -0.2) is 29.1 Å². The highest BCUT2D eigenvalue weighted by atomic mass is 15.0. The zero-order valence-electron chi connectivity index (χ0n) is 10.8. The van der Waals surface area contributed by atoms with Gasteiger partial charge in [-0.05, 0) is 32.7 Å². The first-order valence-electron chi connectivity index (χ1n) is 6.59. The molecule has 0 saturated heterocycles. The van der Waals surface area contributed by atoms with Gasteiger partial charge in [-0.25, -0.2) is 9.97 Å². The van der Waals surface area contributed by atoms with Crippen molar-refractivity contribution in [1.82, 2.24) is 15.3 Å². The smallest absolute Gasteiger partial charge is 0.130 e. The summed E-state index contributed by atoms with van der Waals surface area (Å²) in [6.45, 7) is 6.17. The van der Waals surface area contributed by atoms with Crippen LogP contribution in [0.25, 0.3) is 0 Å². The number of rotatable bonds is 7.